The van der Waals surface area contributed by atoms with Crippen LogP contribution in [0.3, 0.4) is 0 Å². The fraction of sp³-hybridized carbons (Fsp3) is 0.333. The van der Waals surface area contributed by atoms with Gasteiger partial charge in [0.1, 0.15) is 16.1 Å². The lowest BCUT2D eigenvalue weighted by molar-refractivity contribution is -0.124. The summed E-state index contributed by atoms with van der Waals surface area (Å²) in [4.78, 5) is 14.6. The monoisotopic (exact) mass is 215 g/mol. The van der Waals surface area contributed by atoms with E-state index in [0.717, 1.165) is 5.56 Å². The number of halogens is 2. The lowest BCUT2D eigenvalue weighted by atomic mass is 9.79. The third-order valence-corrected chi connectivity index (χ3v) is 2.59. The third kappa shape index (κ3) is 1.84. The molecular weight excluding hydrogens is 209 g/mol. The second-order valence-corrected chi connectivity index (χ2v) is 3.96. The number of carbonyl (C=O) groups is 1. The zero-order valence-corrected chi connectivity index (χ0v) is 8.27. The number of Topliss-reactive ketones (excluding diaryl/α,β-unsaturated/α-hetero) is 1. The van der Waals surface area contributed by atoms with Crippen LogP contribution in [0.1, 0.15) is 24.3 Å². The van der Waals surface area contributed by atoms with Crippen LogP contribution in [0.5, 0.6) is 0 Å². The number of nitrogens with zero attached hydrogens (tertiary/aromatic N) is 1. The van der Waals surface area contributed by atoms with Crippen molar-refractivity contribution in [3.8, 4) is 0 Å². The summed E-state index contributed by atoms with van der Waals surface area (Å²) in [5.74, 6) is 0.597. The average Bonchev–Trinajstić information content (AvgIpc) is 1.96. The molecule has 1 aliphatic carbocycles. The van der Waals surface area contributed by atoms with Crippen LogP contribution < -0.4 is 0 Å². The molecule has 0 unspecified atom stereocenters. The Labute approximate surface area is 85.9 Å². The highest BCUT2D eigenvalue weighted by Crippen LogP contribution is 2.35. The molecule has 0 aliphatic heterocycles. The highest BCUT2D eigenvalue weighted by Gasteiger charge is 2.28. The van der Waals surface area contributed by atoms with Crippen molar-refractivity contribution >= 4 is 29.0 Å². The second kappa shape index (κ2) is 3.28. The molecular formula is C9H7Cl2NO. The van der Waals surface area contributed by atoms with E-state index in [4.69, 9.17) is 23.2 Å². The first-order valence-corrected chi connectivity index (χ1v) is 4.75. The maximum atomic E-state index is 10.8. The van der Waals surface area contributed by atoms with Crippen molar-refractivity contribution < 1.29 is 4.79 Å². The van der Waals surface area contributed by atoms with Gasteiger partial charge in [-0.25, -0.2) is 4.98 Å². The number of hydrogen-bond acceptors (Lipinski definition) is 2. The Hall–Kier alpha value is -0.600. The Morgan fingerprint density at radius 3 is 2.23 bits per heavy atom. The van der Waals surface area contributed by atoms with E-state index in [9.17, 15) is 4.79 Å². The minimum Gasteiger partial charge on any atom is -0.300 e. The lowest BCUT2D eigenvalue weighted by Gasteiger charge is -2.24. The molecule has 1 aromatic heterocycles. The molecule has 0 spiro atoms. The Morgan fingerprint density at radius 2 is 1.77 bits per heavy atom. The molecule has 2 rings (SSSR count). The van der Waals surface area contributed by atoms with Crippen LogP contribution in [0.4, 0.5) is 0 Å². The van der Waals surface area contributed by atoms with Crippen molar-refractivity contribution in [3.63, 3.8) is 0 Å². The van der Waals surface area contributed by atoms with Gasteiger partial charge in [-0.05, 0) is 23.6 Å². The summed E-state index contributed by atoms with van der Waals surface area (Å²) in [6, 6.07) is 3.54. The number of rotatable bonds is 1. The molecule has 1 aromatic rings. The minimum atomic E-state index is 0.297. The van der Waals surface area contributed by atoms with Crippen LogP contribution in [-0.2, 0) is 4.79 Å². The lowest BCUT2D eigenvalue weighted by Crippen LogP contribution is -2.21. The maximum Gasteiger partial charge on any atom is 0.134 e. The normalized spacial score (nSPS) is 17.2. The first-order valence-electron chi connectivity index (χ1n) is 4.00. The average molecular weight is 216 g/mol. The number of carbonyl (C=O) groups excluding carboxylic acids is 1. The summed E-state index contributed by atoms with van der Waals surface area (Å²) in [6.45, 7) is 0. The van der Waals surface area contributed by atoms with Gasteiger partial charge in [0.25, 0.3) is 0 Å². The summed E-state index contributed by atoms with van der Waals surface area (Å²) in [5.41, 5.74) is 1.02. The van der Waals surface area contributed by atoms with Crippen LogP contribution >= 0.6 is 23.2 Å². The Bertz CT molecular complexity index is 336. The van der Waals surface area contributed by atoms with E-state index >= 15 is 0 Å². The van der Waals surface area contributed by atoms with Gasteiger partial charge < -0.3 is 0 Å². The first-order chi connectivity index (χ1) is 6.15. The van der Waals surface area contributed by atoms with Gasteiger partial charge >= 0.3 is 0 Å². The maximum absolute atomic E-state index is 10.8. The van der Waals surface area contributed by atoms with Gasteiger partial charge in [0.15, 0.2) is 0 Å². The summed E-state index contributed by atoms with van der Waals surface area (Å²) in [6.07, 6.45) is 1.22. The zero-order chi connectivity index (χ0) is 9.42. The molecule has 0 amide bonds. The third-order valence-electron chi connectivity index (χ3n) is 2.20. The van der Waals surface area contributed by atoms with E-state index in [0.29, 0.717) is 34.8 Å². The Kier molecular flexibility index (Phi) is 2.26. The zero-order valence-electron chi connectivity index (χ0n) is 6.76. The van der Waals surface area contributed by atoms with E-state index in [1.54, 1.807) is 12.1 Å². The van der Waals surface area contributed by atoms with Gasteiger partial charge in [-0.1, -0.05) is 23.2 Å². The highest BCUT2D eigenvalue weighted by molar-refractivity contribution is 6.32. The van der Waals surface area contributed by atoms with Crippen molar-refractivity contribution in [1.29, 1.82) is 0 Å². The molecule has 1 saturated carbocycles. The Balaban J connectivity index is 2.25. The second-order valence-electron chi connectivity index (χ2n) is 3.19. The molecule has 0 bridgehead atoms. The molecule has 1 heterocycles. The van der Waals surface area contributed by atoms with E-state index < -0.39 is 0 Å². The van der Waals surface area contributed by atoms with Crippen LogP contribution in [-0.4, -0.2) is 10.8 Å². The van der Waals surface area contributed by atoms with E-state index in [1.165, 1.54) is 0 Å². The largest absolute Gasteiger partial charge is 0.300 e. The molecule has 0 aromatic carbocycles. The van der Waals surface area contributed by atoms with Crippen molar-refractivity contribution in [2.24, 2.45) is 0 Å². The molecule has 1 fully saturated rings. The van der Waals surface area contributed by atoms with Crippen molar-refractivity contribution in [1.82, 2.24) is 4.98 Å². The van der Waals surface area contributed by atoms with Gasteiger partial charge in [0.2, 0.25) is 0 Å². The predicted molar refractivity (Wildman–Crippen MR) is 51.2 cm³/mol. The SMILES string of the molecule is O=C1CC(c2cc(Cl)nc(Cl)c2)C1. The fourth-order valence-electron chi connectivity index (χ4n) is 1.44. The van der Waals surface area contributed by atoms with Crippen LogP contribution in [0, 0.1) is 0 Å². The molecule has 0 N–H and O–H groups in total. The number of hydrogen-bond donors (Lipinski definition) is 0. The quantitative estimate of drug-likeness (QED) is 0.675. The first kappa shape index (κ1) is 8.97. The van der Waals surface area contributed by atoms with Crippen molar-refractivity contribution in [3.05, 3.63) is 28.0 Å². The molecule has 13 heavy (non-hydrogen) atoms. The highest BCUT2D eigenvalue weighted by atomic mass is 35.5. The summed E-state index contributed by atoms with van der Waals surface area (Å²) >= 11 is 11.5. The number of aromatic nitrogens is 1. The summed E-state index contributed by atoms with van der Waals surface area (Å²) in [7, 11) is 0. The molecule has 1 aliphatic rings. The van der Waals surface area contributed by atoms with Gasteiger partial charge in [0.05, 0.1) is 0 Å². The molecule has 2 nitrogen and oxygen atoms in total. The fourth-order valence-corrected chi connectivity index (χ4v) is 1.92. The molecule has 4 heteroatoms. The van der Waals surface area contributed by atoms with E-state index in [-0.39, 0.29) is 0 Å². The van der Waals surface area contributed by atoms with Crippen LogP contribution in [0.15, 0.2) is 12.1 Å². The van der Waals surface area contributed by atoms with Crippen LogP contribution in [0.25, 0.3) is 0 Å². The van der Waals surface area contributed by atoms with Crippen molar-refractivity contribution in [2.75, 3.05) is 0 Å². The van der Waals surface area contributed by atoms with Gasteiger partial charge in [-0.15, -0.1) is 0 Å². The van der Waals surface area contributed by atoms with Crippen LogP contribution in [0.2, 0.25) is 10.3 Å². The topological polar surface area (TPSA) is 30.0 Å². The predicted octanol–water partition coefficient (Wildman–Crippen LogP) is 2.83. The van der Waals surface area contributed by atoms with Gasteiger partial charge in [0, 0.05) is 12.8 Å². The van der Waals surface area contributed by atoms with Gasteiger partial charge in [-0.3, -0.25) is 4.79 Å². The molecule has 0 radical (unpaired) electrons. The number of pyridine rings is 1. The molecule has 0 atom stereocenters. The summed E-state index contributed by atoms with van der Waals surface area (Å²) < 4.78 is 0. The Morgan fingerprint density at radius 1 is 1.23 bits per heavy atom. The smallest absolute Gasteiger partial charge is 0.134 e. The van der Waals surface area contributed by atoms with E-state index in [1.807, 2.05) is 0 Å². The molecule has 68 valence electrons. The number of ketones is 1. The summed E-state index contributed by atoms with van der Waals surface area (Å²) in [5, 5.41) is 0.781. The molecule has 0 saturated heterocycles. The standard InChI is InChI=1S/C9H7Cl2NO/c10-8-3-6(4-9(11)12-8)5-1-7(13)2-5/h3-5H,1-2H2. The van der Waals surface area contributed by atoms with Gasteiger partial charge in [-0.2, -0.15) is 0 Å². The minimum absolute atomic E-state index is 0.297. The van der Waals surface area contributed by atoms with Crippen molar-refractivity contribution in [2.45, 2.75) is 18.8 Å². The van der Waals surface area contributed by atoms with E-state index in [2.05, 4.69) is 4.98 Å².